The number of likely N-dealkylation sites (tertiary alicyclic amines) is 1. The Balaban J connectivity index is 1.35. The fourth-order valence-corrected chi connectivity index (χ4v) is 6.06. The summed E-state index contributed by atoms with van der Waals surface area (Å²) in [5.41, 5.74) is 5.68. The van der Waals surface area contributed by atoms with Gasteiger partial charge in [-0.05, 0) is 74.4 Å². The molecule has 1 aromatic heterocycles. The van der Waals surface area contributed by atoms with Crippen LogP contribution in [0, 0.1) is 0 Å². The molecule has 0 bridgehead atoms. The first-order chi connectivity index (χ1) is 17.4. The Morgan fingerprint density at radius 3 is 2.75 bits per heavy atom. The molecule has 1 aliphatic heterocycles. The van der Waals surface area contributed by atoms with Crippen molar-refractivity contribution in [3.8, 4) is 26.8 Å². The molecule has 8 heteroatoms. The number of ether oxygens (including phenoxy) is 1. The minimum atomic E-state index is -0.288. The number of aliphatic hydroxyl groups is 1. The van der Waals surface area contributed by atoms with Gasteiger partial charge in [0.15, 0.2) is 0 Å². The molecule has 3 aromatic rings. The third-order valence-electron chi connectivity index (χ3n) is 6.95. The monoisotopic (exact) mass is 506 g/mol. The smallest absolute Gasteiger partial charge is 0.317 e. The Bertz CT molecular complexity index is 1230. The number of rotatable bonds is 6. The number of benzene rings is 2. The zero-order chi connectivity index (χ0) is 25.2. The third-order valence-corrected chi connectivity index (χ3v) is 8.03. The van der Waals surface area contributed by atoms with Crippen LogP contribution < -0.4 is 15.4 Å². The highest BCUT2D eigenvalue weighted by Gasteiger charge is 2.29. The van der Waals surface area contributed by atoms with E-state index in [0.717, 1.165) is 39.7 Å². The second kappa shape index (κ2) is 10.5. The first-order valence-corrected chi connectivity index (χ1v) is 13.5. The maximum absolute atomic E-state index is 12.8. The lowest BCUT2D eigenvalue weighted by Gasteiger charge is -2.30. The Labute approximate surface area is 216 Å². The number of amides is 2. The topological polar surface area (TPSA) is 86.7 Å². The van der Waals surface area contributed by atoms with Crippen LogP contribution in [0.3, 0.4) is 0 Å². The molecule has 0 radical (unpaired) electrons. The van der Waals surface area contributed by atoms with Gasteiger partial charge in [0.25, 0.3) is 0 Å². The molecule has 7 nitrogen and oxygen atoms in total. The van der Waals surface area contributed by atoms with Crippen LogP contribution in [0.4, 0.5) is 10.5 Å². The SMILES string of the molecule is CNc1cc(-c2ncc(-c3cccc4c3CCC4NC(=O)N3CCC(O)CC3)s2)ccc1OC(C)C. The standard InChI is InChI=1S/C28H34N4O3S/c1-17(2)35-25-10-7-18(15-24(25)29-3)27-30-16-26(36-27)22-6-4-5-21-20(22)8-9-23(21)31-28(34)32-13-11-19(33)12-14-32/h4-7,10,15-17,19,23,29,33H,8-9,11-14H2,1-3H3,(H,31,34). The van der Waals surface area contributed by atoms with Gasteiger partial charge in [-0.3, -0.25) is 0 Å². The van der Waals surface area contributed by atoms with E-state index in [0.29, 0.717) is 25.9 Å². The molecule has 1 atom stereocenters. The van der Waals surface area contributed by atoms with Gasteiger partial charge in [-0.25, -0.2) is 9.78 Å². The predicted octanol–water partition coefficient (Wildman–Crippen LogP) is 5.46. The number of hydrogen-bond donors (Lipinski definition) is 3. The second-order valence-electron chi connectivity index (χ2n) is 9.79. The number of carbonyl (C=O) groups is 1. The number of aromatic nitrogens is 1. The van der Waals surface area contributed by atoms with Crippen LogP contribution in [-0.4, -0.2) is 53.4 Å². The number of carbonyl (C=O) groups excluding carboxylic acids is 1. The van der Waals surface area contributed by atoms with Crippen molar-refractivity contribution in [1.82, 2.24) is 15.2 Å². The first-order valence-electron chi connectivity index (χ1n) is 12.7. The molecule has 5 rings (SSSR count). The number of fused-ring (bicyclic) bond motifs is 1. The van der Waals surface area contributed by atoms with Crippen LogP contribution in [0.15, 0.2) is 42.6 Å². The average Bonchev–Trinajstić information content (AvgIpc) is 3.52. The summed E-state index contributed by atoms with van der Waals surface area (Å²) in [6.45, 7) is 5.26. The zero-order valence-corrected chi connectivity index (χ0v) is 21.9. The quantitative estimate of drug-likeness (QED) is 0.413. The van der Waals surface area contributed by atoms with Crippen molar-refractivity contribution in [3.05, 3.63) is 53.7 Å². The van der Waals surface area contributed by atoms with Crippen LogP contribution >= 0.6 is 11.3 Å². The van der Waals surface area contributed by atoms with Crippen LogP contribution in [-0.2, 0) is 6.42 Å². The van der Waals surface area contributed by atoms with Crippen molar-refractivity contribution in [2.24, 2.45) is 0 Å². The van der Waals surface area contributed by atoms with Crippen molar-refractivity contribution < 1.29 is 14.6 Å². The highest BCUT2D eigenvalue weighted by molar-refractivity contribution is 7.18. The van der Waals surface area contributed by atoms with E-state index in [4.69, 9.17) is 9.72 Å². The summed E-state index contributed by atoms with van der Waals surface area (Å²) >= 11 is 1.68. The summed E-state index contributed by atoms with van der Waals surface area (Å²) < 4.78 is 5.91. The van der Waals surface area contributed by atoms with E-state index < -0.39 is 0 Å². The number of nitrogens with zero attached hydrogens (tertiary/aromatic N) is 2. The van der Waals surface area contributed by atoms with E-state index in [1.807, 2.05) is 38.1 Å². The van der Waals surface area contributed by atoms with Crippen LogP contribution in [0.2, 0.25) is 0 Å². The van der Waals surface area contributed by atoms with Gasteiger partial charge in [-0.15, -0.1) is 11.3 Å². The molecule has 1 aliphatic carbocycles. The summed E-state index contributed by atoms with van der Waals surface area (Å²) in [4.78, 5) is 20.5. The number of thiazole rings is 1. The molecule has 2 amide bonds. The summed E-state index contributed by atoms with van der Waals surface area (Å²) in [6.07, 6.45) is 4.89. The number of nitrogens with one attached hydrogen (secondary N) is 2. The number of piperidine rings is 1. The molecule has 36 heavy (non-hydrogen) atoms. The van der Waals surface area contributed by atoms with E-state index in [1.165, 1.54) is 16.7 Å². The number of anilines is 1. The lowest BCUT2D eigenvalue weighted by Crippen LogP contribution is -2.46. The van der Waals surface area contributed by atoms with Crippen molar-refractivity contribution in [1.29, 1.82) is 0 Å². The Morgan fingerprint density at radius 1 is 1.19 bits per heavy atom. The van der Waals surface area contributed by atoms with Crippen molar-refractivity contribution in [3.63, 3.8) is 0 Å². The molecular formula is C28H34N4O3S. The van der Waals surface area contributed by atoms with E-state index in [9.17, 15) is 9.90 Å². The Kier molecular flexibility index (Phi) is 7.16. The minimum Gasteiger partial charge on any atom is -0.489 e. The lowest BCUT2D eigenvalue weighted by molar-refractivity contribution is 0.0928. The summed E-state index contributed by atoms with van der Waals surface area (Å²) in [5.74, 6) is 0.836. The van der Waals surface area contributed by atoms with Gasteiger partial charge in [-0.1, -0.05) is 18.2 Å². The van der Waals surface area contributed by atoms with Crippen molar-refractivity contribution >= 4 is 23.1 Å². The van der Waals surface area contributed by atoms with E-state index in [1.54, 1.807) is 11.3 Å². The van der Waals surface area contributed by atoms with Gasteiger partial charge in [-0.2, -0.15) is 0 Å². The van der Waals surface area contributed by atoms with Gasteiger partial charge in [0.2, 0.25) is 0 Å². The van der Waals surface area contributed by atoms with Gasteiger partial charge < -0.3 is 25.4 Å². The fraction of sp³-hybridized carbons (Fsp3) is 0.429. The molecule has 0 saturated carbocycles. The second-order valence-corrected chi connectivity index (χ2v) is 10.8. The van der Waals surface area contributed by atoms with E-state index in [-0.39, 0.29) is 24.3 Å². The highest BCUT2D eigenvalue weighted by Crippen LogP contribution is 2.41. The zero-order valence-electron chi connectivity index (χ0n) is 21.1. The fourth-order valence-electron chi connectivity index (χ4n) is 5.09. The van der Waals surface area contributed by atoms with E-state index >= 15 is 0 Å². The maximum atomic E-state index is 12.8. The summed E-state index contributed by atoms with van der Waals surface area (Å²) in [5, 5.41) is 17.2. The Hall–Kier alpha value is -3.10. The molecule has 2 aromatic carbocycles. The van der Waals surface area contributed by atoms with Crippen molar-refractivity contribution in [2.45, 2.75) is 57.8 Å². The number of hydrogen-bond acceptors (Lipinski definition) is 6. The van der Waals surface area contributed by atoms with Crippen molar-refractivity contribution in [2.75, 3.05) is 25.5 Å². The van der Waals surface area contributed by atoms with Gasteiger partial charge in [0, 0.05) is 31.9 Å². The van der Waals surface area contributed by atoms with Crippen LogP contribution in [0.1, 0.15) is 50.3 Å². The predicted molar refractivity (Wildman–Crippen MR) is 145 cm³/mol. The minimum absolute atomic E-state index is 0.0124. The molecule has 2 heterocycles. The maximum Gasteiger partial charge on any atom is 0.317 e. The molecule has 3 N–H and O–H groups in total. The molecule has 1 fully saturated rings. The van der Waals surface area contributed by atoms with E-state index in [2.05, 4.69) is 41.0 Å². The summed E-state index contributed by atoms with van der Waals surface area (Å²) in [7, 11) is 1.90. The van der Waals surface area contributed by atoms with Gasteiger partial charge >= 0.3 is 6.03 Å². The van der Waals surface area contributed by atoms with Gasteiger partial charge in [0.05, 0.1) is 28.8 Å². The molecule has 1 saturated heterocycles. The molecular weight excluding hydrogens is 472 g/mol. The van der Waals surface area contributed by atoms with Gasteiger partial charge in [0.1, 0.15) is 10.8 Å². The molecule has 1 unspecified atom stereocenters. The molecule has 2 aliphatic rings. The largest absolute Gasteiger partial charge is 0.489 e. The molecule has 190 valence electrons. The summed E-state index contributed by atoms with van der Waals surface area (Å²) in [6, 6.07) is 12.5. The number of aliphatic hydroxyl groups excluding tert-OH is 1. The average molecular weight is 507 g/mol. The molecule has 0 spiro atoms. The highest BCUT2D eigenvalue weighted by atomic mass is 32.1. The number of urea groups is 1. The van der Waals surface area contributed by atoms with Crippen LogP contribution in [0.25, 0.3) is 21.0 Å². The normalized spacial score (nSPS) is 17.8. The van der Waals surface area contributed by atoms with Crippen LogP contribution in [0.5, 0.6) is 5.75 Å². The third kappa shape index (κ3) is 5.06. The Morgan fingerprint density at radius 2 is 2.00 bits per heavy atom. The first kappa shape index (κ1) is 24.6. The lowest BCUT2D eigenvalue weighted by atomic mass is 10.0.